The van der Waals surface area contributed by atoms with Crippen molar-refractivity contribution in [3.63, 3.8) is 0 Å². The van der Waals surface area contributed by atoms with Crippen LogP contribution in [0, 0.1) is 64.6 Å². The predicted molar refractivity (Wildman–Crippen MR) is 249 cm³/mol. The van der Waals surface area contributed by atoms with Crippen LogP contribution in [0.25, 0.3) is 0 Å². The second-order valence-corrected chi connectivity index (χ2v) is 22.2. The van der Waals surface area contributed by atoms with Crippen molar-refractivity contribution >= 4 is 11.4 Å². The number of rotatable bonds is 18. The van der Waals surface area contributed by atoms with Crippen LogP contribution < -0.4 is 15.5 Å². The van der Waals surface area contributed by atoms with Gasteiger partial charge in [-0.25, -0.2) is 0 Å². The second kappa shape index (κ2) is 19.9. The Morgan fingerprint density at radius 3 is 2.46 bits per heavy atom. The molecule has 12 atom stereocenters. The predicted octanol–water partition coefficient (Wildman–Crippen LogP) is 12.0. The number of unbranched alkanes of at least 4 members (excludes halogenated alkanes) is 1. The number of hydrogen-bond donors (Lipinski definition) is 2. The van der Waals surface area contributed by atoms with Gasteiger partial charge in [0, 0.05) is 68.7 Å². The normalized spacial score (nSPS) is 35.0. The average Bonchev–Trinajstić information content (AvgIpc) is 3.99. The van der Waals surface area contributed by atoms with E-state index in [2.05, 4.69) is 86.5 Å². The van der Waals surface area contributed by atoms with Gasteiger partial charge in [-0.1, -0.05) is 53.4 Å². The first kappa shape index (κ1) is 43.5. The van der Waals surface area contributed by atoms with Gasteiger partial charge in [0.15, 0.2) is 0 Å². The number of pyridine rings is 2. The van der Waals surface area contributed by atoms with E-state index in [4.69, 9.17) is 9.97 Å². The SMILES string of the molecule is CC(C)CCC[C@@H](C)[C@H]1CC[C@@H]2C1CC[C@H]1[C@H]2CCC2C[C@H](NCCCCNc3ccnc(CC4CCC[C@H]4[C@@H]4CCCN4Cc4cc(N(C)C)ccn4)c3)CC[C@@]21C. The van der Waals surface area contributed by atoms with Crippen LogP contribution >= 0.6 is 0 Å². The number of nitrogens with zero attached hydrogens (tertiary/aromatic N) is 4. The summed E-state index contributed by atoms with van der Waals surface area (Å²) in [6.45, 7) is 14.6. The fraction of sp³-hybridized carbons (Fsp3) is 0.811. The molecule has 0 amide bonds. The van der Waals surface area contributed by atoms with E-state index < -0.39 is 0 Å². The Morgan fingerprint density at radius 1 is 0.780 bits per heavy atom. The molecule has 2 aromatic rings. The van der Waals surface area contributed by atoms with Gasteiger partial charge in [0.2, 0.25) is 0 Å². The number of hydrogen-bond acceptors (Lipinski definition) is 6. The van der Waals surface area contributed by atoms with Crippen LogP contribution in [-0.2, 0) is 13.0 Å². The molecule has 8 rings (SSSR count). The molecule has 6 nitrogen and oxygen atoms in total. The molecule has 2 aromatic heterocycles. The summed E-state index contributed by atoms with van der Waals surface area (Å²) in [5.41, 5.74) is 5.59. The van der Waals surface area contributed by atoms with Crippen molar-refractivity contribution in [3.05, 3.63) is 48.0 Å². The highest BCUT2D eigenvalue weighted by molar-refractivity contribution is 5.45. The van der Waals surface area contributed by atoms with Crippen LogP contribution in [0.5, 0.6) is 0 Å². The third-order valence-electron chi connectivity index (χ3n) is 18.2. The molecule has 2 N–H and O–H groups in total. The highest BCUT2D eigenvalue weighted by atomic mass is 15.2. The summed E-state index contributed by atoms with van der Waals surface area (Å²) in [6, 6.07) is 10.3. The van der Waals surface area contributed by atoms with Crippen LogP contribution in [-0.4, -0.2) is 60.7 Å². The Balaban J connectivity index is 0.741. The molecule has 0 spiro atoms. The molecular weight excluding hydrogens is 721 g/mol. The Labute approximate surface area is 361 Å². The molecule has 0 aromatic carbocycles. The van der Waals surface area contributed by atoms with Crippen molar-refractivity contribution in [3.8, 4) is 0 Å². The van der Waals surface area contributed by atoms with Crippen LogP contribution in [0.1, 0.15) is 161 Å². The summed E-state index contributed by atoms with van der Waals surface area (Å²) in [6.07, 6.45) is 32.2. The summed E-state index contributed by atoms with van der Waals surface area (Å²) in [4.78, 5) is 14.6. The van der Waals surface area contributed by atoms with E-state index >= 15 is 0 Å². The zero-order chi connectivity index (χ0) is 40.9. The van der Waals surface area contributed by atoms with Crippen molar-refractivity contribution in [2.45, 2.75) is 175 Å². The summed E-state index contributed by atoms with van der Waals surface area (Å²) < 4.78 is 0. The number of likely N-dealkylation sites (tertiary alicyclic amines) is 1. The zero-order valence-corrected chi connectivity index (χ0v) is 38.7. The monoisotopic (exact) mass is 807 g/mol. The molecule has 3 heterocycles. The summed E-state index contributed by atoms with van der Waals surface area (Å²) in [7, 11) is 4.24. The Morgan fingerprint density at radius 2 is 1.59 bits per heavy atom. The molecule has 0 radical (unpaired) electrons. The Hall–Kier alpha value is -2.18. The molecule has 6 aliphatic rings. The van der Waals surface area contributed by atoms with E-state index in [9.17, 15) is 0 Å². The lowest BCUT2D eigenvalue weighted by atomic mass is 9.46. The van der Waals surface area contributed by atoms with Crippen molar-refractivity contribution in [1.29, 1.82) is 0 Å². The van der Waals surface area contributed by atoms with Gasteiger partial charge in [-0.3, -0.25) is 14.9 Å². The molecule has 3 unspecified atom stereocenters. The molecule has 5 saturated carbocycles. The van der Waals surface area contributed by atoms with E-state index in [1.807, 2.05) is 12.4 Å². The second-order valence-electron chi connectivity index (χ2n) is 22.2. The van der Waals surface area contributed by atoms with Crippen LogP contribution in [0.4, 0.5) is 11.4 Å². The van der Waals surface area contributed by atoms with Crippen molar-refractivity contribution in [2.24, 2.45) is 64.6 Å². The molecule has 6 fully saturated rings. The standard InChI is InChI=1S/C53H86N6/c1-37(2)12-9-13-38(3)46-19-20-49-48(46)21-22-51-50(49)18-17-40-33-41(23-26-53(40,51)4)54-27-7-8-28-55-42-24-29-56-43(34-42)32-39-14-10-15-47(39)52-16-11-31-59(52)36-44-35-45(58(5)6)25-30-57-44/h24-25,29-30,34-35,37-41,46-52,54H,7-23,26-28,31-33,36H2,1-6H3,(H,55,56)/t38-,39?,40?,41-,46-,47-,48?,49-,50+,51+,52+,53+/m1/s1. The summed E-state index contributed by atoms with van der Waals surface area (Å²) in [5, 5.41) is 7.86. The molecule has 5 aliphatic carbocycles. The van der Waals surface area contributed by atoms with E-state index in [0.29, 0.717) is 11.5 Å². The van der Waals surface area contributed by atoms with Crippen molar-refractivity contribution in [1.82, 2.24) is 20.2 Å². The largest absolute Gasteiger partial charge is 0.385 e. The van der Waals surface area contributed by atoms with Gasteiger partial charge >= 0.3 is 0 Å². The third kappa shape index (κ3) is 10.2. The number of nitrogens with one attached hydrogen (secondary N) is 2. The minimum atomic E-state index is 0.604. The molecule has 0 bridgehead atoms. The first-order valence-corrected chi connectivity index (χ1v) is 25.4. The fourth-order valence-corrected chi connectivity index (χ4v) is 15.1. The first-order valence-electron chi connectivity index (χ1n) is 25.4. The highest BCUT2D eigenvalue weighted by Gasteiger charge is 2.56. The molecule has 6 heteroatoms. The number of fused-ring (bicyclic) bond motifs is 5. The quantitative estimate of drug-likeness (QED) is 0.146. The zero-order valence-electron chi connectivity index (χ0n) is 38.7. The minimum Gasteiger partial charge on any atom is -0.385 e. The molecule has 328 valence electrons. The maximum absolute atomic E-state index is 4.90. The van der Waals surface area contributed by atoms with Gasteiger partial charge in [0.25, 0.3) is 0 Å². The van der Waals surface area contributed by atoms with E-state index in [0.717, 1.165) is 84.7 Å². The molecular formula is C53H86N6. The third-order valence-corrected chi connectivity index (χ3v) is 18.2. The molecule has 59 heavy (non-hydrogen) atoms. The Bertz CT molecular complexity index is 1610. The van der Waals surface area contributed by atoms with E-state index in [1.165, 1.54) is 126 Å². The minimum absolute atomic E-state index is 0.604. The number of anilines is 2. The van der Waals surface area contributed by atoms with Crippen LogP contribution in [0.3, 0.4) is 0 Å². The number of aromatic nitrogens is 2. The smallest absolute Gasteiger partial charge is 0.0564 e. The Kier molecular flexibility index (Phi) is 14.7. The van der Waals surface area contributed by atoms with Gasteiger partial charge < -0.3 is 15.5 Å². The topological polar surface area (TPSA) is 56.3 Å². The van der Waals surface area contributed by atoms with Gasteiger partial charge in [-0.2, -0.15) is 0 Å². The van der Waals surface area contributed by atoms with Crippen LogP contribution in [0.15, 0.2) is 36.7 Å². The maximum Gasteiger partial charge on any atom is 0.0564 e. The lowest BCUT2D eigenvalue weighted by Crippen LogP contribution is -2.53. The highest BCUT2D eigenvalue weighted by Crippen LogP contribution is 2.64. The van der Waals surface area contributed by atoms with Gasteiger partial charge in [0.05, 0.1) is 5.69 Å². The summed E-state index contributed by atoms with van der Waals surface area (Å²) >= 11 is 0. The van der Waals surface area contributed by atoms with Crippen molar-refractivity contribution < 1.29 is 0 Å². The summed E-state index contributed by atoms with van der Waals surface area (Å²) in [5.74, 6) is 9.45. The average molecular weight is 807 g/mol. The molecule has 1 saturated heterocycles. The lowest BCUT2D eigenvalue weighted by molar-refractivity contribution is -0.0935. The van der Waals surface area contributed by atoms with Crippen LogP contribution in [0.2, 0.25) is 0 Å². The maximum atomic E-state index is 4.90. The first-order chi connectivity index (χ1) is 28.7. The fourth-order valence-electron chi connectivity index (χ4n) is 15.1. The van der Waals surface area contributed by atoms with E-state index in [-0.39, 0.29) is 0 Å². The van der Waals surface area contributed by atoms with Crippen molar-refractivity contribution in [2.75, 3.05) is 43.9 Å². The lowest BCUT2D eigenvalue weighted by Gasteiger charge is -2.59. The molecule has 1 aliphatic heterocycles. The van der Waals surface area contributed by atoms with Gasteiger partial charge in [-0.15, -0.1) is 0 Å². The van der Waals surface area contributed by atoms with Gasteiger partial charge in [-0.05, 0) is 205 Å². The van der Waals surface area contributed by atoms with E-state index in [1.54, 1.807) is 32.1 Å². The van der Waals surface area contributed by atoms with Gasteiger partial charge in [0.1, 0.15) is 0 Å².